The normalized spacial score (nSPS) is 26.5. The lowest BCUT2D eigenvalue weighted by Gasteiger charge is -2.39. The molecule has 3 N–H and O–H groups in total. The van der Waals surface area contributed by atoms with Gasteiger partial charge in [0.25, 0.3) is 0 Å². The third kappa shape index (κ3) is 6.19. The fraction of sp³-hybridized carbons (Fsp3) is 0.731. The summed E-state index contributed by atoms with van der Waals surface area (Å²) in [5.41, 5.74) is 5.95. The number of esters is 1. The highest BCUT2D eigenvalue weighted by molar-refractivity contribution is 7.14. The number of thiophene rings is 1. The summed E-state index contributed by atoms with van der Waals surface area (Å²) in [6, 6.07) is 1.14. The van der Waals surface area contributed by atoms with Crippen LogP contribution in [0.4, 0.5) is 5.69 Å². The first kappa shape index (κ1) is 26.7. The van der Waals surface area contributed by atoms with Gasteiger partial charge in [-0.05, 0) is 75.7 Å². The van der Waals surface area contributed by atoms with E-state index in [-0.39, 0.29) is 34.3 Å². The van der Waals surface area contributed by atoms with Crippen LogP contribution in [0.15, 0.2) is 6.07 Å². The average molecular weight is 493 g/mol. The molecular formula is C26H40N2O5S. The number of rotatable bonds is 6. The van der Waals surface area contributed by atoms with Crippen LogP contribution < -0.4 is 10.6 Å². The Hall–Kier alpha value is -1.93. The number of aromatic carboxylic acids is 1. The van der Waals surface area contributed by atoms with Gasteiger partial charge < -0.3 is 20.5 Å². The Kier molecular flexibility index (Phi) is 8.45. The van der Waals surface area contributed by atoms with E-state index in [9.17, 15) is 19.5 Å². The molecule has 0 aromatic carbocycles. The summed E-state index contributed by atoms with van der Waals surface area (Å²) in [5.74, 6) is -0.817. The molecule has 1 aromatic heterocycles. The molecule has 2 saturated carbocycles. The molecule has 2 fully saturated rings. The third-order valence-electron chi connectivity index (χ3n) is 7.17. The van der Waals surface area contributed by atoms with E-state index < -0.39 is 18.0 Å². The Balaban J connectivity index is 1.90. The van der Waals surface area contributed by atoms with Crippen molar-refractivity contribution in [2.75, 3.05) is 4.90 Å². The van der Waals surface area contributed by atoms with Gasteiger partial charge in [-0.25, -0.2) is 4.79 Å². The number of ether oxygens (including phenoxy) is 1. The number of anilines is 1. The second-order valence-corrected chi connectivity index (χ2v) is 12.3. The second kappa shape index (κ2) is 10.8. The molecule has 34 heavy (non-hydrogen) atoms. The summed E-state index contributed by atoms with van der Waals surface area (Å²) in [4.78, 5) is 41.1. The maximum atomic E-state index is 13.9. The number of carbonyl (C=O) groups excluding carboxylic acids is 2. The summed E-state index contributed by atoms with van der Waals surface area (Å²) in [6.45, 7) is 10.00. The van der Waals surface area contributed by atoms with Crippen molar-refractivity contribution in [1.82, 2.24) is 0 Å². The number of carbonyl (C=O) groups is 3. The number of hydrogen-bond acceptors (Lipinski definition) is 6. The van der Waals surface area contributed by atoms with Crippen molar-refractivity contribution in [3.05, 3.63) is 15.8 Å². The smallest absolute Gasteiger partial charge is 0.348 e. The first-order valence-electron chi connectivity index (χ1n) is 12.5. The molecule has 0 bridgehead atoms. The van der Waals surface area contributed by atoms with Crippen molar-refractivity contribution in [3.63, 3.8) is 0 Å². The summed E-state index contributed by atoms with van der Waals surface area (Å²) >= 11 is 1.27. The molecule has 0 saturated heterocycles. The lowest BCUT2D eigenvalue weighted by atomic mass is 9.81. The number of carboxylic acid groups (broad SMARTS) is 1. The van der Waals surface area contributed by atoms with Crippen LogP contribution in [0.25, 0.3) is 0 Å². The first-order chi connectivity index (χ1) is 15.9. The van der Waals surface area contributed by atoms with Gasteiger partial charge in [-0.3, -0.25) is 9.59 Å². The van der Waals surface area contributed by atoms with Crippen LogP contribution in [0.1, 0.15) is 101 Å². The maximum Gasteiger partial charge on any atom is 0.348 e. The standard InChI is InChI=1S/C26H40N2O5S/c1-15-6-8-17(9-7-15)23(29)28(18-10-12-19(13-11-18)33-25(32)16(2)27)20-14-21(26(3,4)5)34-22(20)24(30)31/h14-19H,6-13,27H2,1-5H3,(H,30,31)/t15-,16-,17-,18-,19-/m0/s1. The fourth-order valence-electron chi connectivity index (χ4n) is 4.98. The zero-order chi connectivity index (χ0) is 25.2. The monoisotopic (exact) mass is 492 g/mol. The van der Waals surface area contributed by atoms with Crippen molar-refractivity contribution in [1.29, 1.82) is 0 Å². The predicted octanol–water partition coefficient (Wildman–Crippen LogP) is 5.10. The predicted molar refractivity (Wildman–Crippen MR) is 134 cm³/mol. The van der Waals surface area contributed by atoms with E-state index in [4.69, 9.17) is 10.5 Å². The quantitative estimate of drug-likeness (QED) is 0.534. The summed E-state index contributed by atoms with van der Waals surface area (Å²) in [5, 5.41) is 10.0. The Morgan fingerprint density at radius 2 is 1.68 bits per heavy atom. The van der Waals surface area contributed by atoms with Crippen LogP contribution in [0.5, 0.6) is 0 Å². The molecule has 190 valence electrons. The highest BCUT2D eigenvalue weighted by Gasteiger charge is 2.38. The molecule has 0 aliphatic heterocycles. The summed E-state index contributed by atoms with van der Waals surface area (Å²) in [6.07, 6.45) is 6.10. The van der Waals surface area contributed by atoms with Gasteiger partial charge in [0.2, 0.25) is 5.91 Å². The van der Waals surface area contributed by atoms with Gasteiger partial charge in [0.05, 0.1) is 5.69 Å². The average Bonchev–Trinajstić information content (AvgIpc) is 3.21. The lowest BCUT2D eigenvalue weighted by molar-refractivity contribution is -0.152. The molecule has 2 aliphatic rings. The minimum absolute atomic E-state index is 0.0451. The molecule has 0 radical (unpaired) electrons. The molecule has 0 unspecified atom stereocenters. The van der Waals surface area contributed by atoms with E-state index in [1.165, 1.54) is 11.3 Å². The lowest BCUT2D eigenvalue weighted by Crippen LogP contribution is -2.47. The van der Waals surface area contributed by atoms with E-state index in [2.05, 4.69) is 27.7 Å². The largest absolute Gasteiger partial charge is 0.477 e. The van der Waals surface area contributed by atoms with Crippen molar-refractivity contribution < 1.29 is 24.2 Å². The molecule has 3 rings (SSSR count). The maximum absolute atomic E-state index is 13.9. The highest BCUT2D eigenvalue weighted by atomic mass is 32.1. The second-order valence-electron chi connectivity index (χ2n) is 11.2. The molecule has 7 nitrogen and oxygen atoms in total. The minimum Gasteiger partial charge on any atom is -0.477 e. The molecule has 2 aliphatic carbocycles. The van der Waals surface area contributed by atoms with Gasteiger partial charge >= 0.3 is 11.9 Å². The Morgan fingerprint density at radius 3 is 2.18 bits per heavy atom. The molecule has 1 aromatic rings. The molecule has 0 spiro atoms. The highest BCUT2D eigenvalue weighted by Crippen LogP contribution is 2.42. The van der Waals surface area contributed by atoms with Gasteiger partial charge in [0, 0.05) is 16.8 Å². The van der Waals surface area contributed by atoms with E-state index in [0.717, 1.165) is 30.6 Å². The summed E-state index contributed by atoms with van der Waals surface area (Å²) < 4.78 is 5.53. The number of hydrogen-bond donors (Lipinski definition) is 2. The Bertz CT molecular complexity index is 887. The van der Waals surface area contributed by atoms with E-state index in [0.29, 0.717) is 37.3 Å². The van der Waals surface area contributed by atoms with Crippen LogP contribution in [0.2, 0.25) is 0 Å². The Labute approximate surface area is 207 Å². The first-order valence-corrected chi connectivity index (χ1v) is 13.4. The molecular weight excluding hydrogens is 452 g/mol. The van der Waals surface area contributed by atoms with Crippen LogP contribution in [0, 0.1) is 11.8 Å². The minimum atomic E-state index is -0.995. The zero-order valence-corrected chi connectivity index (χ0v) is 22.0. The zero-order valence-electron chi connectivity index (χ0n) is 21.1. The number of nitrogens with zero attached hydrogens (tertiary/aromatic N) is 1. The van der Waals surface area contributed by atoms with Gasteiger partial charge in [-0.15, -0.1) is 11.3 Å². The molecule has 1 heterocycles. The van der Waals surface area contributed by atoms with Crippen LogP contribution in [0.3, 0.4) is 0 Å². The van der Waals surface area contributed by atoms with Crippen LogP contribution in [-0.2, 0) is 19.7 Å². The number of amides is 1. The van der Waals surface area contributed by atoms with Crippen molar-refractivity contribution in [2.24, 2.45) is 17.6 Å². The van der Waals surface area contributed by atoms with Crippen molar-refractivity contribution in [2.45, 2.75) is 110 Å². The van der Waals surface area contributed by atoms with Gasteiger partial charge in [-0.1, -0.05) is 27.7 Å². The topological polar surface area (TPSA) is 110 Å². The van der Waals surface area contributed by atoms with E-state index in [1.54, 1.807) is 11.8 Å². The summed E-state index contributed by atoms with van der Waals surface area (Å²) in [7, 11) is 0. The van der Waals surface area contributed by atoms with Gasteiger partial charge in [0.15, 0.2) is 0 Å². The van der Waals surface area contributed by atoms with E-state index >= 15 is 0 Å². The number of carboxylic acids is 1. The van der Waals surface area contributed by atoms with Crippen molar-refractivity contribution in [3.8, 4) is 0 Å². The third-order valence-corrected chi connectivity index (χ3v) is 8.71. The van der Waals surface area contributed by atoms with Gasteiger partial charge in [0.1, 0.15) is 17.0 Å². The van der Waals surface area contributed by atoms with Crippen molar-refractivity contribution >= 4 is 34.9 Å². The fourth-order valence-corrected chi connectivity index (χ4v) is 6.02. The van der Waals surface area contributed by atoms with Crippen LogP contribution in [-0.4, -0.2) is 41.1 Å². The van der Waals surface area contributed by atoms with Gasteiger partial charge in [-0.2, -0.15) is 0 Å². The van der Waals surface area contributed by atoms with E-state index in [1.807, 2.05) is 6.07 Å². The van der Waals surface area contributed by atoms with Crippen LogP contribution >= 0.6 is 11.3 Å². The number of nitrogens with two attached hydrogens (primary N) is 1. The SMILES string of the molecule is C[C@H](N)C(=O)O[C@H]1CC[C@H](N(c2cc(C(C)(C)C)sc2C(=O)O)C(=O)[C@H]2CC[C@H](C)CC2)CC1. The molecule has 1 amide bonds. The Morgan fingerprint density at radius 1 is 1.09 bits per heavy atom. The molecule has 8 heteroatoms. The molecule has 1 atom stereocenters.